The molecule has 0 aliphatic rings. The van der Waals surface area contributed by atoms with Crippen molar-refractivity contribution in [2.24, 2.45) is 0 Å². The van der Waals surface area contributed by atoms with E-state index in [2.05, 4.69) is 4.98 Å². The Kier molecular flexibility index (Phi) is 4.62. The highest BCUT2D eigenvalue weighted by Crippen LogP contribution is 2.29. The average Bonchev–Trinajstić information content (AvgIpc) is 2.47. The van der Waals surface area contributed by atoms with Crippen LogP contribution in [-0.4, -0.2) is 17.6 Å². The van der Waals surface area contributed by atoms with Crippen LogP contribution in [0.2, 0.25) is 0 Å². The summed E-state index contributed by atoms with van der Waals surface area (Å²) in [7, 11) is 0. The van der Waals surface area contributed by atoms with Gasteiger partial charge in [0, 0.05) is 11.1 Å². The van der Waals surface area contributed by atoms with Gasteiger partial charge < -0.3 is 4.74 Å². The topological polar surface area (TPSA) is 39.2 Å². The van der Waals surface area contributed by atoms with E-state index in [9.17, 15) is 13.6 Å². The average molecular weight is 291 g/mol. The van der Waals surface area contributed by atoms with Gasteiger partial charge in [-0.1, -0.05) is 30.3 Å². The van der Waals surface area contributed by atoms with Crippen molar-refractivity contribution in [2.75, 3.05) is 6.61 Å². The lowest BCUT2D eigenvalue weighted by atomic mass is 10.0. The predicted octanol–water partition coefficient (Wildman–Crippen LogP) is 4.17. The molecule has 0 N–H and O–H groups in total. The van der Waals surface area contributed by atoms with Crippen molar-refractivity contribution in [2.45, 2.75) is 20.3 Å². The minimum atomic E-state index is -2.77. The molecule has 0 bridgehead atoms. The molecule has 0 unspecified atom stereocenters. The fourth-order valence-corrected chi connectivity index (χ4v) is 2.09. The van der Waals surface area contributed by atoms with E-state index < -0.39 is 12.4 Å². The zero-order valence-corrected chi connectivity index (χ0v) is 11.8. The summed E-state index contributed by atoms with van der Waals surface area (Å²) in [6.07, 6.45) is -2.77. The predicted molar refractivity (Wildman–Crippen MR) is 75.3 cm³/mol. The van der Waals surface area contributed by atoms with Gasteiger partial charge >= 0.3 is 5.97 Å². The molecular formula is C16H15F2NO2. The first-order valence-corrected chi connectivity index (χ1v) is 6.56. The maximum Gasteiger partial charge on any atom is 0.340 e. The normalized spacial score (nSPS) is 10.7. The van der Waals surface area contributed by atoms with Gasteiger partial charge in [0.2, 0.25) is 0 Å². The molecule has 1 aromatic heterocycles. The summed E-state index contributed by atoms with van der Waals surface area (Å²) in [6, 6.07) is 10.2. The molecule has 5 heteroatoms. The van der Waals surface area contributed by atoms with Crippen molar-refractivity contribution in [3.8, 4) is 11.3 Å². The van der Waals surface area contributed by atoms with E-state index in [0.717, 1.165) is 5.56 Å². The zero-order valence-electron chi connectivity index (χ0n) is 11.8. The fraction of sp³-hybridized carbons (Fsp3) is 0.250. The molecule has 0 aliphatic heterocycles. The number of rotatable bonds is 4. The molecule has 1 aromatic carbocycles. The van der Waals surface area contributed by atoms with Gasteiger partial charge in [0.25, 0.3) is 6.43 Å². The number of aromatic nitrogens is 1. The van der Waals surface area contributed by atoms with Crippen molar-refractivity contribution < 1.29 is 18.3 Å². The Morgan fingerprint density at radius 3 is 2.52 bits per heavy atom. The molecule has 0 atom stereocenters. The van der Waals surface area contributed by atoms with Gasteiger partial charge in [-0.2, -0.15) is 0 Å². The number of halogens is 2. The number of pyridine rings is 1. The van der Waals surface area contributed by atoms with Crippen LogP contribution in [0.1, 0.15) is 35.0 Å². The monoisotopic (exact) mass is 291 g/mol. The highest BCUT2D eigenvalue weighted by atomic mass is 19.3. The van der Waals surface area contributed by atoms with Gasteiger partial charge in [0.1, 0.15) is 0 Å². The maximum absolute atomic E-state index is 13.3. The van der Waals surface area contributed by atoms with Crippen LogP contribution in [0, 0.1) is 6.92 Å². The number of hydrogen-bond donors (Lipinski definition) is 0. The molecule has 0 saturated heterocycles. The first kappa shape index (κ1) is 15.1. The van der Waals surface area contributed by atoms with Crippen LogP contribution in [0.25, 0.3) is 11.3 Å². The van der Waals surface area contributed by atoms with E-state index in [-0.39, 0.29) is 23.4 Å². The number of carbonyl (C=O) groups excluding carboxylic acids is 1. The summed E-state index contributed by atoms with van der Waals surface area (Å²) in [4.78, 5) is 16.1. The van der Waals surface area contributed by atoms with Crippen LogP contribution in [-0.2, 0) is 4.74 Å². The summed E-state index contributed by atoms with van der Waals surface area (Å²) in [5.41, 5.74) is 0.880. The summed E-state index contributed by atoms with van der Waals surface area (Å²) >= 11 is 0. The van der Waals surface area contributed by atoms with Gasteiger partial charge in [0.15, 0.2) is 0 Å². The van der Waals surface area contributed by atoms with Crippen LogP contribution in [0.15, 0.2) is 36.4 Å². The van der Waals surface area contributed by atoms with Crippen molar-refractivity contribution >= 4 is 5.97 Å². The molecular weight excluding hydrogens is 276 g/mol. The quantitative estimate of drug-likeness (QED) is 0.794. The molecule has 0 spiro atoms. The Balaban J connectivity index is 2.57. The summed E-state index contributed by atoms with van der Waals surface area (Å²) in [5, 5.41) is 0. The van der Waals surface area contributed by atoms with E-state index in [0.29, 0.717) is 5.69 Å². The highest BCUT2D eigenvalue weighted by Gasteiger charge is 2.24. The van der Waals surface area contributed by atoms with Crippen LogP contribution in [0.4, 0.5) is 8.78 Å². The van der Waals surface area contributed by atoms with E-state index >= 15 is 0 Å². The number of alkyl halides is 2. The molecule has 110 valence electrons. The number of nitrogens with zero attached hydrogens (tertiary/aromatic N) is 1. The number of esters is 1. The second kappa shape index (κ2) is 6.43. The first-order valence-electron chi connectivity index (χ1n) is 6.56. The molecule has 3 nitrogen and oxygen atoms in total. The minimum absolute atomic E-state index is 0.126. The lowest BCUT2D eigenvalue weighted by Gasteiger charge is -2.13. The fourth-order valence-electron chi connectivity index (χ4n) is 2.09. The number of ether oxygens (including phenoxy) is 1. The van der Waals surface area contributed by atoms with E-state index in [4.69, 9.17) is 4.74 Å². The SMILES string of the molecule is CCOC(=O)c1c(C(F)F)cc(-c2ccccc2)nc1C. The summed E-state index contributed by atoms with van der Waals surface area (Å²) in [6.45, 7) is 3.28. The second-order valence-electron chi connectivity index (χ2n) is 4.44. The Hall–Kier alpha value is -2.30. The molecule has 0 amide bonds. The van der Waals surface area contributed by atoms with Crippen LogP contribution >= 0.6 is 0 Å². The number of benzene rings is 1. The largest absolute Gasteiger partial charge is 0.462 e. The number of aryl methyl sites for hydroxylation is 1. The third-order valence-electron chi connectivity index (χ3n) is 3.02. The number of hydrogen-bond acceptors (Lipinski definition) is 3. The third kappa shape index (κ3) is 3.24. The van der Waals surface area contributed by atoms with E-state index in [1.807, 2.05) is 6.07 Å². The lowest BCUT2D eigenvalue weighted by Crippen LogP contribution is -2.12. The minimum Gasteiger partial charge on any atom is -0.462 e. The summed E-state index contributed by atoms with van der Waals surface area (Å²) in [5.74, 6) is -0.766. The molecule has 2 aromatic rings. The van der Waals surface area contributed by atoms with Crippen molar-refractivity contribution in [3.63, 3.8) is 0 Å². The Bertz CT molecular complexity index is 642. The molecule has 0 radical (unpaired) electrons. The van der Waals surface area contributed by atoms with E-state index in [1.165, 1.54) is 13.0 Å². The van der Waals surface area contributed by atoms with Crippen molar-refractivity contribution in [3.05, 3.63) is 53.2 Å². The molecule has 1 heterocycles. The molecule has 21 heavy (non-hydrogen) atoms. The Morgan fingerprint density at radius 2 is 1.95 bits per heavy atom. The smallest absolute Gasteiger partial charge is 0.340 e. The van der Waals surface area contributed by atoms with Gasteiger partial charge in [-0.3, -0.25) is 4.98 Å². The first-order chi connectivity index (χ1) is 10.0. The van der Waals surface area contributed by atoms with Gasteiger partial charge in [0.05, 0.1) is 23.6 Å². The van der Waals surface area contributed by atoms with Gasteiger partial charge in [-0.25, -0.2) is 13.6 Å². The van der Waals surface area contributed by atoms with Crippen molar-refractivity contribution in [1.29, 1.82) is 0 Å². The van der Waals surface area contributed by atoms with Crippen LogP contribution < -0.4 is 0 Å². The third-order valence-corrected chi connectivity index (χ3v) is 3.02. The highest BCUT2D eigenvalue weighted by molar-refractivity contribution is 5.93. The zero-order chi connectivity index (χ0) is 15.4. The maximum atomic E-state index is 13.3. The second-order valence-corrected chi connectivity index (χ2v) is 4.44. The van der Waals surface area contributed by atoms with Crippen LogP contribution in [0.5, 0.6) is 0 Å². The van der Waals surface area contributed by atoms with Gasteiger partial charge in [-0.15, -0.1) is 0 Å². The van der Waals surface area contributed by atoms with E-state index in [1.54, 1.807) is 31.2 Å². The van der Waals surface area contributed by atoms with Gasteiger partial charge in [-0.05, 0) is 19.9 Å². The molecule has 0 aliphatic carbocycles. The molecule has 2 rings (SSSR count). The lowest BCUT2D eigenvalue weighted by molar-refractivity contribution is 0.0514. The Morgan fingerprint density at radius 1 is 1.29 bits per heavy atom. The number of carbonyl (C=O) groups is 1. The van der Waals surface area contributed by atoms with Crippen molar-refractivity contribution in [1.82, 2.24) is 4.98 Å². The molecule has 0 fully saturated rings. The van der Waals surface area contributed by atoms with Crippen LogP contribution in [0.3, 0.4) is 0 Å². The standard InChI is InChI=1S/C16H15F2NO2/c1-3-21-16(20)14-10(2)19-13(9-12(14)15(17)18)11-7-5-4-6-8-11/h4-9,15H,3H2,1-2H3. The Labute approximate surface area is 121 Å². The molecule has 0 saturated carbocycles. The summed E-state index contributed by atoms with van der Waals surface area (Å²) < 4.78 is 31.4.